The highest BCUT2D eigenvalue weighted by atomic mass is 79.9. The summed E-state index contributed by atoms with van der Waals surface area (Å²) >= 11 is 9.74. The van der Waals surface area contributed by atoms with Crippen LogP contribution >= 0.6 is 27.5 Å². The van der Waals surface area contributed by atoms with Crippen molar-refractivity contribution in [3.05, 3.63) is 27.8 Å². The lowest BCUT2D eigenvalue weighted by molar-refractivity contribution is 0.0817. The van der Waals surface area contributed by atoms with Gasteiger partial charge in [0.05, 0.1) is 16.7 Å². The maximum atomic E-state index is 6.23. The second-order valence-electron chi connectivity index (χ2n) is 5.78. The highest BCUT2D eigenvalue weighted by Gasteiger charge is 2.13. The van der Waals surface area contributed by atoms with Crippen molar-refractivity contribution in [1.82, 2.24) is 9.78 Å². The average Bonchev–Trinajstić information content (AvgIpc) is 2.73. The van der Waals surface area contributed by atoms with Gasteiger partial charge in [0.25, 0.3) is 0 Å². The average molecular weight is 362 g/mol. The van der Waals surface area contributed by atoms with E-state index in [1.54, 1.807) is 0 Å². The molecule has 0 N–H and O–H groups in total. The molecule has 2 rings (SSSR count). The van der Waals surface area contributed by atoms with Gasteiger partial charge in [-0.1, -0.05) is 47.2 Å². The van der Waals surface area contributed by atoms with E-state index in [-0.39, 0.29) is 0 Å². The van der Waals surface area contributed by atoms with Gasteiger partial charge in [-0.15, -0.1) is 0 Å². The summed E-state index contributed by atoms with van der Waals surface area (Å²) in [4.78, 5) is 0. The molecule has 1 aromatic heterocycles. The summed E-state index contributed by atoms with van der Waals surface area (Å²) in [6.45, 7) is 8.25. The number of halogens is 2. The number of rotatable bonds is 5. The van der Waals surface area contributed by atoms with Crippen LogP contribution in [0.3, 0.4) is 0 Å². The molecule has 6 heteroatoms. The Balaban J connectivity index is 2.08. The third-order valence-corrected chi connectivity index (χ3v) is 5.61. The van der Waals surface area contributed by atoms with Crippen molar-refractivity contribution in [2.24, 2.45) is 0 Å². The van der Waals surface area contributed by atoms with Crippen LogP contribution in [0.1, 0.15) is 0 Å². The summed E-state index contributed by atoms with van der Waals surface area (Å²) in [6, 6.07) is 4.96. The lowest BCUT2D eigenvalue weighted by atomic mass is 10.2. The van der Waals surface area contributed by atoms with Crippen molar-refractivity contribution in [2.75, 3.05) is 6.61 Å². The smallest absolute Gasteiger partial charge is 0.140 e. The van der Waals surface area contributed by atoms with E-state index >= 15 is 0 Å². The van der Waals surface area contributed by atoms with Gasteiger partial charge in [0.15, 0.2) is 0 Å². The molecule has 0 bridgehead atoms. The number of benzene rings is 1. The van der Waals surface area contributed by atoms with Crippen molar-refractivity contribution in [1.29, 1.82) is 0 Å². The van der Waals surface area contributed by atoms with Crippen LogP contribution in [-0.4, -0.2) is 24.5 Å². The van der Waals surface area contributed by atoms with Gasteiger partial charge in [-0.2, -0.15) is 5.10 Å². The Morgan fingerprint density at radius 2 is 2.11 bits per heavy atom. The molecule has 0 aliphatic rings. The Bertz CT molecular complexity index is 580. The number of hydrogen-bond acceptors (Lipinski definition) is 2. The first-order valence-corrected chi connectivity index (χ1v) is 11.1. The molecule has 0 aliphatic heterocycles. The Hall–Kier alpha value is -0.363. The Morgan fingerprint density at radius 1 is 1.37 bits per heavy atom. The van der Waals surface area contributed by atoms with Gasteiger partial charge in [0.2, 0.25) is 0 Å². The molecule has 0 unspecified atom stereocenters. The number of aromatic nitrogens is 2. The molecular weight excluding hydrogens is 344 g/mol. The largest absolute Gasteiger partial charge is 0.360 e. The quantitative estimate of drug-likeness (QED) is 0.567. The van der Waals surface area contributed by atoms with Crippen LogP contribution < -0.4 is 0 Å². The van der Waals surface area contributed by atoms with E-state index in [2.05, 4.69) is 40.7 Å². The number of ether oxygens (including phenoxy) is 1. The van der Waals surface area contributed by atoms with Gasteiger partial charge >= 0.3 is 0 Å². The highest BCUT2D eigenvalue weighted by molar-refractivity contribution is 9.10. The van der Waals surface area contributed by atoms with Crippen molar-refractivity contribution < 1.29 is 4.74 Å². The normalized spacial score (nSPS) is 12.3. The molecule has 3 nitrogen and oxygen atoms in total. The summed E-state index contributed by atoms with van der Waals surface area (Å²) in [5, 5.41) is 6.05. The summed E-state index contributed by atoms with van der Waals surface area (Å²) in [6.07, 6.45) is 1.81. The van der Waals surface area contributed by atoms with Crippen molar-refractivity contribution in [3.8, 4) is 0 Å². The monoisotopic (exact) mass is 360 g/mol. The first-order valence-electron chi connectivity index (χ1n) is 6.26. The molecule has 0 fully saturated rings. The fourth-order valence-electron chi connectivity index (χ4n) is 1.75. The standard InChI is InChI=1S/C13H18BrClN2OSi/c1-19(2,3)7-6-18-9-17-13-10(8-16-17)11(14)4-5-12(13)15/h4-5,8H,6-7,9H2,1-3H3. The van der Waals surface area contributed by atoms with E-state index in [0.29, 0.717) is 11.8 Å². The minimum absolute atomic E-state index is 0.449. The van der Waals surface area contributed by atoms with Crippen LogP contribution in [0.4, 0.5) is 0 Å². The van der Waals surface area contributed by atoms with E-state index in [4.69, 9.17) is 16.3 Å². The summed E-state index contributed by atoms with van der Waals surface area (Å²) in [5.41, 5.74) is 0.920. The molecule has 0 saturated heterocycles. The molecular formula is C13H18BrClN2OSi. The first kappa shape index (κ1) is 15.0. The zero-order chi connectivity index (χ0) is 14.0. The number of hydrogen-bond donors (Lipinski definition) is 0. The van der Waals surface area contributed by atoms with Crippen LogP contribution in [0.25, 0.3) is 10.9 Å². The lowest BCUT2D eigenvalue weighted by Crippen LogP contribution is -2.22. The van der Waals surface area contributed by atoms with E-state index in [9.17, 15) is 0 Å². The minimum Gasteiger partial charge on any atom is -0.360 e. The first-order chi connectivity index (χ1) is 8.88. The SMILES string of the molecule is C[Si](C)(C)CCOCn1ncc2c(Br)ccc(Cl)c21. The van der Waals surface area contributed by atoms with Gasteiger partial charge in [0.1, 0.15) is 6.73 Å². The molecule has 104 valence electrons. The maximum Gasteiger partial charge on any atom is 0.140 e. The second-order valence-corrected chi connectivity index (χ2v) is 12.7. The fourth-order valence-corrected chi connectivity index (χ4v) is 3.20. The molecule has 0 radical (unpaired) electrons. The molecule has 1 aromatic carbocycles. The Kier molecular flexibility index (Phi) is 4.71. The predicted octanol–water partition coefficient (Wildman–Crippen LogP) is 4.76. The number of nitrogens with zero attached hydrogens (tertiary/aromatic N) is 2. The fraction of sp³-hybridized carbons (Fsp3) is 0.462. The molecule has 19 heavy (non-hydrogen) atoms. The Labute approximate surface area is 128 Å². The van der Waals surface area contributed by atoms with Crippen molar-refractivity contribution in [2.45, 2.75) is 32.4 Å². The van der Waals surface area contributed by atoms with Crippen LogP contribution in [0, 0.1) is 0 Å². The van der Waals surface area contributed by atoms with Crippen molar-refractivity contribution >= 4 is 46.5 Å². The third-order valence-electron chi connectivity index (χ3n) is 2.91. The van der Waals surface area contributed by atoms with Gasteiger partial charge in [0, 0.05) is 24.5 Å². The van der Waals surface area contributed by atoms with Crippen LogP contribution in [0.5, 0.6) is 0 Å². The van der Waals surface area contributed by atoms with Crippen LogP contribution in [0.2, 0.25) is 30.7 Å². The molecule has 0 spiro atoms. The summed E-state index contributed by atoms with van der Waals surface area (Å²) < 4.78 is 8.53. The molecule has 0 amide bonds. The molecule has 1 heterocycles. The van der Waals surface area contributed by atoms with Gasteiger partial charge in [-0.05, 0) is 18.2 Å². The van der Waals surface area contributed by atoms with Gasteiger partial charge < -0.3 is 4.74 Å². The van der Waals surface area contributed by atoms with Gasteiger partial charge in [-0.25, -0.2) is 4.68 Å². The Morgan fingerprint density at radius 3 is 2.79 bits per heavy atom. The number of fused-ring (bicyclic) bond motifs is 1. The zero-order valence-corrected chi connectivity index (χ0v) is 14.8. The highest BCUT2D eigenvalue weighted by Crippen LogP contribution is 2.29. The third kappa shape index (κ3) is 3.81. The molecule has 0 saturated carbocycles. The molecule has 2 aromatic rings. The van der Waals surface area contributed by atoms with Crippen molar-refractivity contribution in [3.63, 3.8) is 0 Å². The van der Waals surface area contributed by atoms with Crippen LogP contribution in [0.15, 0.2) is 22.8 Å². The topological polar surface area (TPSA) is 27.1 Å². The zero-order valence-electron chi connectivity index (χ0n) is 11.4. The van der Waals surface area contributed by atoms with E-state index in [0.717, 1.165) is 28.0 Å². The minimum atomic E-state index is -1.04. The van der Waals surface area contributed by atoms with E-state index < -0.39 is 8.07 Å². The lowest BCUT2D eigenvalue weighted by Gasteiger charge is -2.15. The van der Waals surface area contributed by atoms with Gasteiger partial charge in [-0.3, -0.25) is 0 Å². The summed E-state index contributed by atoms with van der Waals surface area (Å²) in [5.74, 6) is 0. The molecule has 0 aliphatic carbocycles. The summed E-state index contributed by atoms with van der Waals surface area (Å²) in [7, 11) is -1.04. The van der Waals surface area contributed by atoms with E-state index in [1.165, 1.54) is 0 Å². The molecule has 0 atom stereocenters. The predicted molar refractivity (Wildman–Crippen MR) is 86.5 cm³/mol. The maximum absolute atomic E-state index is 6.23. The van der Waals surface area contributed by atoms with E-state index in [1.807, 2.05) is 23.0 Å². The van der Waals surface area contributed by atoms with Crippen LogP contribution in [-0.2, 0) is 11.5 Å². The second kappa shape index (κ2) is 5.95.